The van der Waals surface area contributed by atoms with Crippen molar-refractivity contribution in [2.24, 2.45) is 4.99 Å². The first-order valence-corrected chi connectivity index (χ1v) is 8.11. The van der Waals surface area contributed by atoms with E-state index in [4.69, 9.17) is 23.2 Å². The van der Waals surface area contributed by atoms with Crippen LogP contribution in [0.1, 0.15) is 11.1 Å². The van der Waals surface area contributed by atoms with Gasteiger partial charge in [-0.3, -0.25) is 4.99 Å². The molecule has 0 unspecified atom stereocenters. The third kappa shape index (κ3) is 5.24. The van der Waals surface area contributed by atoms with E-state index < -0.39 is 0 Å². The van der Waals surface area contributed by atoms with Gasteiger partial charge < -0.3 is 10.0 Å². The number of aromatic hydroxyl groups is 1. The van der Waals surface area contributed by atoms with Crippen LogP contribution in [0.4, 0.5) is 0 Å². The van der Waals surface area contributed by atoms with E-state index in [1.165, 1.54) is 11.6 Å². The molecule has 0 spiro atoms. The molecular weight excluding hydrogens is 331 g/mol. The van der Waals surface area contributed by atoms with Crippen LogP contribution in [0.5, 0.6) is 5.75 Å². The maximum Gasteiger partial charge on any atom is 0.143 e. The molecule has 2 rings (SSSR count). The van der Waals surface area contributed by atoms with E-state index in [1.54, 1.807) is 12.3 Å². The van der Waals surface area contributed by atoms with Crippen LogP contribution in [0.25, 0.3) is 0 Å². The van der Waals surface area contributed by atoms with Gasteiger partial charge in [0.1, 0.15) is 5.75 Å². The van der Waals surface area contributed by atoms with E-state index in [0.717, 1.165) is 6.42 Å². The number of likely N-dealkylation sites (N-methyl/N-ethyl adjacent to an activating group) is 1. The first-order valence-electron chi connectivity index (χ1n) is 7.35. The average Bonchev–Trinajstić information content (AvgIpc) is 2.51. The van der Waals surface area contributed by atoms with Gasteiger partial charge >= 0.3 is 0 Å². The highest BCUT2D eigenvalue weighted by atomic mass is 35.5. The summed E-state index contributed by atoms with van der Waals surface area (Å²) in [6, 6.07) is 13.7. The van der Waals surface area contributed by atoms with Gasteiger partial charge in [0, 0.05) is 22.8 Å². The van der Waals surface area contributed by atoms with Crippen LogP contribution in [0.15, 0.2) is 47.5 Å². The van der Waals surface area contributed by atoms with E-state index in [0.29, 0.717) is 17.1 Å². The van der Waals surface area contributed by atoms with Crippen molar-refractivity contribution in [3.05, 3.63) is 63.6 Å². The summed E-state index contributed by atoms with van der Waals surface area (Å²) in [5.74, 6) is 0.00396. The van der Waals surface area contributed by atoms with Crippen molar-refractivity contribution in [3.63, 3.8) is 0 Å². The van der Waals surface area contributed by atoms with Crippen molar-refractivity contribution in [3.8, 4) is 5.75 Å². The van der Waals surface area contributed by atoms with Gasteiger partial charge in [-0.2, -0.15) is 0 Å². The van der Waals surface area contributed by atoms with E-state index in [9.17, 15) is 5.11 Å². The quantitative estimate of drug-likeness (QED) is 0.788. The number of nitrogens with zero attached hydrogens (tertiary/aromatic N) is 2. The maximum atomic E-state index is 9.94. The van der Waals surface area contributed by atoms with E-state index >= 15 is 0 Å². The largest absolute Gasteiger partial charge is 0.506 e. The Morgan fingerprint density at radius 3 is 2.52 bits per heavy atom. The lowest BCUT2D eigenvalue weighted by Gasteiger charge is -2.22. The van der Waals surface area contributed by atoms with Crippen LogP contribution in [-0.4, -0.2) is 42.9 Å². The lowest BCUT2D eigenvalue weighted by atomic mass is 10.1. The molecule has 0 aliphatic rings. The first-order chi connectivity index (χ1) is 11.0. The summed E-state index contributed by atoms with van der Waals surface area (Å²) < 4.78 is 0. The number of halogens is 2. The lowest BCUT2D eigenvalue weighted by molar-refractivity contribution is 0.298. The van der Waals surface area contributed by atoms with Crippen LogP contribution in [0, 0.1) is 0 Å². The summed E-state index contributed by atoms with van der Waals surface area (Å²) in [7, 11) is 4.08. The van der Waals surface area contributed by atoms with Gasteiger partial charge in [-0.25, -0.2) is 0 Å². The van der Waals surface area contributed by atoms with E-state index in [1.807, 2.05) is 32.3 Å². The normalized spacial score (nSPS) is 12.9. The molecule has 1 N–H and O–H groups in total. The molecule has 2 aromatic rings. The molecule has 5 heteroatoms. The molecule has 122 valence electrons. The van der Waals surface area contributed by atoms with Crippen molar-refractivity contribution in [2.75, 3.05) is 20.6 Å². The molecule has 0 aliphatic heterocycles. The number of benzene rings is 2. The molecule has 1 atom stereocenters. The number of phenolic OH excluding ortho intramolecular Hbond substituents is 1. The van der Waals surface area contributed by atoms with Gasteiger partial charge in [0.05, 0.1) is 11.6 Å². The number of rotatable bonds is 6. The standard InChI is InChI=1S/C18H20Cl2N2O/c1-22(2)16(8-13-6-4-3-5-7-13)12-21-11-14-9-15(19)10-17(20)18(14)23/h3-7,9-11,16,23H,8,12H2,1-2H3/t16-/m0/s1. The molecule has 0 aromatic heterocycles. The minimum atomic E-state index is 0.00396. The van der Waals surface area contributed by atoms with Gasteiger partial charge in [-0.15, -0.1) is 0 Å². The van der Waals surface area contributed by atoms with E-state index in [2.05, 4.69) is 22.0 Å². The number of hydrogen-bond acceptors (Lipinski definition) is 3. The lowest BCUT2D eigenvalue weighted by Crippen LogP contribution is -2.32. The van der Waals surface area contributed by atoms with Crippen LogP contribution < -0.4 is 0 Å². The highest BCUT2D eigenvalue weighted by Crippen LogP contribution is 2.30. The molecule has 0 amide bonds. The zero-order valence-electron chi connectivity index (χ0n) is 13.2. The molecule has 0 saturated carbocycles. The highest BCUT2D eigenvalue weighted by Gasteiger charge is 2.12. The van der Waals surface area contributed by atoms with Gasteiger partial charge in [-0.05, 0) is 38.2 Å². The van der Waals surface area contributed by atoms with Gasteiger partial charge in [0.15, 0.2) is 0 Å². The predicted octanol–water partition coefficient (Wildman–Crippen LogP) is 4.29. The number of hydrogen-bond donors (Lipinski definition) is 1. The Bertz CT molecular complexity index is 672. The summed E-state index contributed by atoms with van der Waals surface area (Å²) in [4.78, 5) is 6.61. The first kappa shape index (κ1) is 17.8. The van der Waals surface area contributed by atoms with Crippen molar-refractivity contribution in [1.82, 2.24) is 4.90 Å². The second-order valence-corrected chi connectivity index (χ2v) is 6.47. The third-order valence-electron chi connectivity index (χ3n) is 3.65. The second kappa shape index (κ2) is 8.34. The van der Waals surface area contributed by atoms with Crippen molar-refractivity contribution in [2.45, 2.75) is 12.5 Å². The minimum absolute atomic E-state index is 0.00396. The molecular formula is C18H20Cl2N2O. The van der Waals surface area contributed by atoms with Crippen LogP contribution in [0.3, 0.4) is 0 Å². The predicted molar refractivity (Wildman–Crippen MR) is 98.2 cm³/mol. The van der Waals surface area contributed by atoms with Gasteiger partial charge in [0.2, 0.25) is 0 Å². The average molecular weight is 351 g/mol. The summed E-state index contributed by atoms with van der Waals surface area (Å²) in [6.45, 7) is 0.617. The second-order valence-electron chi connectivity index (χ2n) is 5.63. The Morgan fingerprint density at radius 2 is 1.87 bits per heavy atom. The molecule has 23 heavy (non-hydrogen) atoms. The van der Waals surface area contributed by atoms with Gasteiger partial charge in [0.25, 0.3) is 0 Å². The minimum Gasteiger partial charge on any atom is -0.506 e. The maximum absolute atomic E-state index is 9.94. The molecule has 0 saturated heterocycles. The third-order valence-corrected chi connectivity index (χ3v) is 4.15. The summed E-state index contributed by atoms with van der Waals surface area (Å²) >= 11 is 11.9. The Hall–Kier alpha value is -1.55. The number of phenols is 1. The molecule has 2 aromatic carbocycles. The fourth-order valence-corrected chi connectivity index (χ4v) is 2.76. The summed E-state index contributed by atoms with van der Waals surface area (Å²) in [6.07, 6.45) is 2.53. The Labute approximate surface area is 147 Å². The summed E-state index contributed by atoms with van der Waals surface area (Å²) in [5.41, 5.74) is 1.80. The zero-order chi connectivity index (χ0) is 16.8. The van der Waals surface area contributed by atoms with Crippen molar-refractivity contribution in [1.29, 1.82) is 0 Å². The Balaban J connectivity index is 2.07. The SMILES string of the molecule is CN(C)[C@H](CN=Cc1cc(Cl)cc(Cl)c1O)Cc1ccccc1. The Morgan fingerprint density at radius 1 is 1.17 bits per heavy atom. The molecule has 0 fully saturated rings. The van der Waals surface area contributed by atoms with Crippen LogP contribution in [-0.2, 0) is 6.42 Å². The molecule has 0 radical (unpaired) electrons. The summed E-state index contributed by atoms with van der Waals surface area (Å²) in [5, 5.41) is 10.6. The molecule has 3 nitrogen and oxygen atoms in total. The van der Waals surface area contributed by atoms with E-state index in [-0.39, 0.29) is 16.8 Å². The molecule has 0 bridgehead atoms. The Kier molecular flexibility index (Phi) is 6.46. The van der Waals surface area contributed by atoms with Crippen molar-refractivity contribution >= 4 is 29.4 Å². The monoisotopic (exact) mass is 350 g/mol. The topological polar surface area (TPSA) is 35.8 Å². The van der Waals surface area contributed by atoms with Crippen LogP contribution >= 0.6 is 23.2 Å². The van der Waals surface area contributed by atoms with Gasteiger partial charge in [-0.1, -0.05) is 53.5 Å². The van der Waals surface area contributed by atoms with Crippen LogP contribution in [0.2, 0.25) is 10.0 Å². The fourth-order valence-electron chi connectivity index (χ4n) is 2.25. The number of aliphatic imine (C=N–C) groups is 1. The highest BCUT2D eigenvalue weighted by molar-refractivity contribution is 6.36. The van der Waals surface area contributed by atoms with Crippen molar-refractivity contribution < 1.29 is 5.11 Å². The zero-order valence-corrected chi connectivity index (χ0v) is 14.7. The fraction of sp³-hybridized carbons (Fsp3) is 0.278. The molecule has 0 heterocycles. The smallest absolute Gasteiger partial charge is 0.143 e. The molecule has 0 aliphatic carbocycles.